The van der Waals surface area contributed by atoms with Gasteiger partial charge in [0.1, 0.15) is 5.82 Å². The molecule has 0 fully saturated rings. The minimum Gasteiger partial charge on any atom is -0.332 e. The van der Waals surface area contributed by atoms with Crippen molar-refractivity contribution in [1.82, 2.24) is 9.62 Å². The van der Waals surface area contributed by atoms with Gasteiger partial charge in [-0.3, -0.25) is 14.8 Å². The van der Waals surface area contributed by atoms with E-state index in [1.807, 2.05) is 0 Å². The summed E-state index contributed by atoms with van der Waals surface area (Å²) in [6.07, 6.45) is 0. The van der Waals surface area contributed by atoms with Crippen molar-refractivity contribution in [3.05, 3.63) is 84.2 Å². The van der Waals surface area contributed by atoms with Gasteiger partial charge in [-0.25, -0.2) is 21.2 Å². The van der Waals surface area contributed by atoms with Crippen LogP contribution in [0, 0.1) is 5.82 Å². The highest BCUT2D eigenvalue weighted by molar-refractivity contribution is 7.92. The van der Waals surface area contributed by atoms with Crippen LogP contribution in [0.1, 0.15) is 24.2 Å². The van der Waals surface area contributed by atoms with E-state index in [0.29, 0.717) is 13.1 Å². The summed E-state index contributed by atoms with van der Waals surface area (Å²) in [4.78, 5) is 12.5. The zero-order chi connectivity index (χ0) is 27.2. The third-order valence-corrected chi connectivity index (χ3v) is 8.84. The van der Waals surface area contributed by atoms with Gasteiger partial charge >= 0.3 is 0 Å². The van der Waals surface area contributed by atoms with Gasteiger partial charge in [0.05, 0.1) is 15.5 Å². The number of anilines is 2. The van der Waals surface area contributed by atoms with Crippen molar-refractivity contribution >= 4 is 54.7 Å². The SMILES string of the molecule is CCN(CC)S(=O)(=O)c1ccc(C(=O)NC(=S)Nc2cccc(S(=O)(=O)Nc3ccccc3F)c2)cc1. The lowest BCUT2D eigenvalue weighted by Gasteiger charge is -2.18. The first-order valence-corrected chi connectivity index (χ1v) is 14.4. The number of hydrogen-bond donors (Lipinski definition) is 3. The third-order valence-electron chi connectivity index (χ3n) is 5.21. The summed E-state index contributed by atoms with van der Waals surface area (Å²) >= 11 is 5.16. The number of carbonyl (C=O) groups excluding carboxylic acids is 1. The fraction of sp³-hybridized carbons (Fsp3) is 0.167. The molecule has 3 aromatic carbocycles. The van der Waals surface area contributed by atoms with Crippen molar-refractivity contribution in [3.63, 3.8) is 0 Å². The molecule has 0 heterocycles. The molecule has 3 aromatic rings. The van der Waals surface area contributed by atoms with Gasteiger partial charge in [0.2, 0.25) is 10.0 Å². The zero-order valence-electron chi connectivity index (χ0n) is 19.9. The Morgan fingerprint density at radius 2 is 1.54 bits per heavy atom. The topological polar surface area (TPSA) is 125 Å². The Balaban J connectivity index is 1.67. The summed E-state index contributed by atoms with van der Waals surface area (Å²) in [5.41, 5.74) is 0.245. The molecule has 1 amide bonds. The van der Waals surface area contributed by atoms with Crippen molar-refractivity contribution in [3.8, 4) is 0 Å². The number of sulfonamides is 2. The predicted molar refractivity (Wildman–Crippen MR) is 144 cm³/mol. The van der Waals surface area contributed by atoms with Crippen LogP contribution in [-0.4, -0.2) is 45.2 Å². The number of nitrogens with one attached hydrogen (secondary N) is 3. The lowest BCUT2D eigenvalue weighted by molar-refractivity contribution is 0.0977. The van der Waals surface area contributed by atoms with Gasteiger partial charge in [0, 0.05) is 24.3 Å². The fourth-order valence-corrected chi connectivity index (χ4v) is 6.10. The standard InChI is InChI=1S/C24H25FN4O5S3/c1-3-29(4-2)37(33,34)19-14-12-17(13-15-19)23(30)27-24(35)26-18-8-7-9-20(16-18)36(31,32)28-22-11-6-5-10-21(22)25/h5-16,28H,3-4H2,1-2H3,(H2,26,27,30,35). The van der Waals surface area contributed by atoms with Gasteiger partial charge in [0.25, 0.3) is 15.9 Å². The lowest BCUT2D eigenvalue weighted by atomic mass is 10.2. The molecule has 0 aliphatic rings. The van der Waals surface area contributed by atoms with Crippen LogP contribution >= 0.6 is 12.2 Å². The molecule has 196 valence electrons. The number of carbonyl (C=O) groups is 1. The highest BCUT2D eigenvalue weighted by Crippen LogP contribution is 2.21. The number of hydrogen-bond acceptors (Lipinski definition) is 6. The first-order chi connectivity index (χ1) is 17.5. The average Bonchev–Trinajstić information content (AvgIpc) is 2.86. The Bertz CT molecular complexity index is 1510. The number of rotatable bonds is 9. The fourth-order valence-electron chi connectivity index (χ4n) is 3.32. The normalized spacial score (nSPS) is 11.7. The van der Waals surface area contributed by atoms with Crippen molar-refractivity contribution in [2.45, 2.75) is 23.6 Å². The van der Waals surface area contributed by atoms with Gasteiger partial charge in [-0.15, -0.1) is 0 Å². The summed E-state index contributed by atoms with van der Waals surface area (Å²) in [7, 11) is -7.76. The van der Waals surface area contributed by atoms with E-state index < -0.39 is 31.8 Å². The first kappa shape index (κ1) is 28.2. The van der Waals surface area contributed by atoms with Gasteiger partial charge in [-0.2, -0.15) is 4.31 Å². The van der Waals surface area contributed by atoms with E-state index in [2.05, 4.69) is 15.4 Å². The van der Waals surface area contributed by atoms with Gasteiger partial charge in [0.15, 0.2) is 5.11 Å². The Kier molecular flexibility index (Phi) is 8.97. The van der Waals surface area contributed by atoms with E-state index >= 15 is 0 Å². The largest absolute Gasteiger partial charge is 0.332 e. The summed E-state index contributed by atoms with van der Waals surface area (Å²) in [6, 6.07) is 16.4. The number of thiocarbonyl (C=S) groups is 1. The second-order valence-corrected chi connectivity index (χ2v) is 11.7. The van der Waals surface area contributed by atoms with Crippen LogP contribution in [0.3, 0.4) is 0 Å². The molecule has 0 spiro atoms. The van der Waals surface area contributed by atoms with Crippen molar-refractivity contribution < 1.29 is 26.0 Å². The molecule has 0 saturated heterocycles. The molecule has 9 nitrogen and oxygen atoms in total. The molecule has 3 rings (SSSR count). The highest BCUT2D eigenvalue weighted by atomic mass is 32.2. The highest BCUT2D eigenvalue weighted by Gasteiger charge is 2.22. The second-order valence-electron chi connectivity index (χ2n) is 7.64. The number of nitrogens with zero attached hydrogens (tertiary/aromatic N) is 1. The molecule has 0 aliphatic heterocycles. The number of benzene rings is 3. The summed E-state index contributed by atoms with van der Waals surface area (Å²) in [6.45, 7) is 4.12. The monoisotopic (exact) mass is 564 g/mol. The van der Waals surface area contributed by atoms with E-state index in [0.717, 1.165) is 6.07 Å². The molecule has 0 aromatic heterocycles. The second kappa shape index (κ2) is 11.8. The molecule has 37 heavy (non-hydrogen) atoms. The predicted octanol–water partition coefficient (Wildman–Crippen LogP) is 3.78. The van der Waals surface area contributed by atoms with Crippen molar-refractivity contribution in [2.75, 3.05) is 23.1 Å². The Morgan fingerprint density at radius 3 is 2.16 bits per heavy atom. The molecule has 0 unspecified atom stereocenters. The van der Waals surface area contributed by atoms with E-state index in [1.54, 1.807) is 13.8 Å². The molecular formula is C24H25FN4O5S3. The lowest BCUT2D eigenvalue weighted by Crippen LogP contribution is -2.34. The number of halogens is 1. The van der Waals surface area contributed by atoms with Gasteiger partial charge in [-0.1, -0.05) is 32.0 Å². The quantitative estimate of drug-likeness (QED) is 0.338. The smallest absolute Gasteiger partial charge is 0.262 e. The molecule has 0 saturated carbocycles. The van der Waals surface area contributed by atoms with Crippen LogP contribution in [0.15, 0.2) is 82.6 Å². The number of para-hydroxylation sites is 1. The first-order valence-electron chi connectivity index (χ1n) is 11.1. The van der Waals surface area contributed by atoms with Crippen LogP contribution in [0.5, 0.6) is 0 Å². The molecule has 0 atom stereocenters. The minimum atomic E-state index is -4.10. The van der Waals surface area contributed by atoms with Gasteiger partial charge < -0.3 is 5.32 Å². The summed E-state index contributed by atoms with van der Waals surface area (Å²) in [5, 5.41) is 5.08. The Morgan fingerprint density at radius 1 is 0.892 bits per heavy atom. The van der Waals surface area contributed by atoms with Crippen LogP contribution in [-0.2, 0) is 20.0 Å². The van der Waals surface area contributed by atoms with E-state index in [1.165, 1.54) is 71.0 Å². The van der Waals surface area contributed by atoms with Crippen LogP contribution in [0.25, 0.3) is 0 Å². The Labute approximate surface area is 220 Å². The van der Waals surface area contributed by atoms with Crippen molar-refractivity contribution in [2.24, 2.45) is 0 Å². The van der Waals surface area contributed by atoms with Crippen LogP contribution in [0.4, 0.5) is 15.8 Å². The van der Waals surface area contributed by atoms with E-state index in [9.17, 15) is 26.0 Å². The third kappa shape index (κ3) is 6.89. The molecule has 0 radical (unpaired) electrons. The molecule has 13 heteroatoms. The van der Waals surface area contributed by atoms with E-state index in [-0.39, 0.29) is 31.8 Å². The maximum atomic E-state index is 13.9. The maximum absolute atomic E-state index is 13.9. The zero-order valence-corrected chi connectivity index (χ0v) is 22.4. The van der Waals surface area contributed by atoms with Crippen LogP contribution < -0.4 is 15.4 Å². The summed E-state index contributed by atoms with van der Waals surface area (Å²) < 4.78 is 67.9. The number of amides is 1. The molecule has 0 bridgehead atoms. The van der Waals surface area contributed by atoms with Gasteiger partial charge in [-0.05, 0) is 66.8 Å². The van der Waals surface area contributed by atoms with Crippen molar-refractivity contribution in [1.29, 1.82) is 0 Å². The van der Waals surface area contributed by atoms with E-state index in [4.69, 9.17) is 12.2 Å². The molecule has 0 aliphatic carbocycles. The molecular weight excluding hydrogens is 539 g/mol. The minimum absolute atomic E-state index is 0.0652. The Hall–Kier alpha value is -3.39. The van der Waals surface area contributed by atoms with Crippen LogP contribution in [0.2, 0.25) is 0 Å². The summed E-state index contributed by atoms with van der Waals surface area (Å²) in [5.74, 6) is -1.31. The average molecular weight is 565 g/mol. The molecule has 3 N–H and O–H groups in total. The maximum Gasteiger partial charge on any atom is 0.262 e.